The van der Waals surface area contributed by atoms with Gasteiger partial charge in [0.15, 0.2) is 6.10 Å². The van der Waals surface area contributed by atoms with Crippen molar-refractivity contribution in [1.29, 1.82) is 0 Å². The van der Waals surface area contributed by atoms with Gasteiger partial charge in [0.25, 0.3) is 0 Å². The van der Waals surface area contributed by atoms with E-state index in [0.717, 1.165) is 141 Å². The Kier molecular flexibility index (Phi) is 62.3. The zero-order valence-corrected chi connectivity index (χ0v) is 51.3. The first kappa shape index (κ1) is 74.5. The molecule has 6 nitrogen and oxygen atoms in total. The Balaban J connectivity index is 4.12. The van der Waals surface area contributed by atoms with Crippen LogP contribution in [0.4, 0.5) is 0 Å². The molecule has 0 rings (SSSR count). The number of unbranched alkanes of at least 4 members (excludes halogenated alkanes) is 25. The van der Waals surface area contributed by atoms with Gasteiger partial charge in [-0.1, -0.05) is 283 Å². The molecule has 1 atom stereocenters. The molecule has 0 saturated heterocycles. The number of hydrogen-bond acceptors (Lipinski definition) is 6. The number of hydrogen-bond donors (Lipinski definition) is 0. The third kappa shape index (κ3) is 64.3. The van der Waals surface area contributed by atoms with Gasteiger partial charge in [-0.25, -0.2) is 0 Å². The molecule has 0 saturated carbocycles. The fraction of sp³-hybridized carbons (Fsp3) is 0.658. The van der Waals surface area contributed by atoms with Crippen LogP contribution in [0, 0.1) is 0 Å². The summed E-state index contributed by atoms with van der Waals surface area (Å²) >= 11 is 0. The monoisotopic (exact) mass is 1090 g/mol. The number of carbonyl (C=O) groups is 3. The molecule has 0 radical (unpaired) electrons. The number of allylic oxidation sites excluding steroid dienone is 22. The van der Waals surface area contributed by atoms with Gasteiger partial charge < -0.3 is 14.2 Å². The van der Waals surface area contributed by atoms with Crippen molar-refractivity contribution in [3.63, 3.8) is 0 Å². The van der Waals surface area contributed by atoms with Crippen LogP contribution in [0.1, 0.15) is 290 Å². The van der Waals surface area contributed by atoms with Gasteiger partial charge in [0, 0.05) is 19.3 Å². The van der Waals surface area contributed by atoms with Crippen molar-refractivity contribution < 1.29 is 28.6 Å². The van der Waals surface area contributed by atoms with Crippen molar-refractivity contribution in [3.8, 4) is 0 Å². The van der Waals surface area contributed by atoms with Gasteiger partial charge in [-0.05, 0) is 122 Å². The van der Waals surface area contributed by atoms with Gasteiger partial charge in [0.05, 0.1) is 0 Å². The summed E-state index contributed by atoms with van der Waals surface area (Å²) in [6.07, 6.45) is 93.6. The van der Waals surface area contributed by atoms with Crippen molar-refractivity contribution in [3.05, 3.63) is 134 Å². The molecule has 0 aromatic heterocycles. The first-order valence-electron chi connectivity index (χ1n) is 32.7. The minimum absolute atomic E-state index is 0.0876. The average Bonchev–Trinajstić information content (AvgIpc) is 3.45. The second-order valence-electron chi connectivity index (χ2n) is 21.3. The SMILES string of the molecule is CC/C=C\C/C=C\C/C=C\C/C=C\C/C=C\C/C=C\C/C=C\C/C=C\CCCCCCCCC(=O)OCC(COC(=O)CCCCCCC)OC(=O)CCCCCCCCCCCC/C=C\C/C=C\C/C=C\CCCCCCC. The lowest BCUT2D eigenvalue weighted by atomic mass is 10.0. The normalized spacial score (nSPS) is 13.0. The van der Waals surface area contributed by atoms with E-state index in [9.17, 15) is 14.4 Å². The molecule has 0 aromatic rings. The molecule has 0 aromatic carbocycles. The van der Waals surface area contributed by atoms with E-state index in [1.807, 2.05) is 0 Å². The van der Waals surface area contributed by atoms with Gasteiger partial charge in [0.1, 0.15) is 13.2 Å². The van der Waals surface area contributed by atoms with Gasteiger partial charge in [-0.2, -0.15) is 0 Å². The third-order valence-corrected chi connectivity index (χ3v) is 13.6. The zero-order chi connectivity index (χ0) is 57.1. The lowest BCUT2D eigenvalue weighted by Gasteiger charge is -2.18. The van der Waals surface area contributed by atoms with Crippen molar-refractivity contribution >= 4 is 17.9 Å². The average molecular weight is 1090 g/mol. The Morgan fingerprint density at radius 3 is 0.772 bits per heavy atom. The second-order valence-corrected chi connectivity index (χ2v) is 21.3. The molecule has 1 unspecified atom stereocenters. The van der Waals surface area contributed by atoms with E-state index >= 15 is 0 Å². The summed E-state index contributed by atoms with van der Waals surface area (Å²) in [5.74, 6) is -0.920. The quantitative estimate of drug-likeness (QED) is 0.0261. The molecule has 0 aliphatic heterocycles. The van der Waals surface area contributed by atoms with Crippen LogP contribution in [0.5, 0.6) is 0 Å². The maximum Gasteiger partial charge on any atom is 0.306 e. The molecule has 0 heterocycles. The highest BCUT2D eigenvalue weighted by Crippen LogP contribution is 2.15. The molecule has 0 aliphatic carbocycles. The summed E-state index contributed by atoms with van der Waals surface area (Å²) in [7, 11) is 0. The van der Waals surface area contributed by atoms with Gasteiger partial charge >= 0.3 is 17.9 Å². The Bertz CT molecular complexity index is 1680. The molecule has 0 fully saturated rings. The molecule has 448 valence electrons. The van der Waals surface area contributed by atoms with Crippen molar-refractivity contribution in [2.75, 3.05) is 13.2 Å². The summed E-state index contributed by atoms with van der Waals surface area (Å²) in [5.41, 5.74) is 0. The Hall–Kier alpha value is -4.45. The maximum atomic E-state index is 12.8. The molecule has 0 N–H and O–H groups in total. The Morgan fingerprint density at radius 1 is 0.266 bits per heavy atom. The molecule has 0 bridgehead atoms. The largest absolute Gasteiger partial charge is 0.462 e. The van der Waals surface area contributed by atoms with Crippen LogP contribution in [0.25, 0.3) is 0 Å². The topological polar surface area (TPSA) is 78.9 Å². The van der Waals surface area contributed by atoms with Gasteiger partial charge in [0.2, 0.25) is 0 Å². The van der Waals surface area contributed by atoms with Crippen molar-refractivity contribution in [1.82, 2.24) is 0 Å². The van der Waals surface area contributed by atoms with E-state index in [4.69, 9.17) is 14.2 Å². The molecule has 0 spiro atoms. The van der Waals surface area contributed by atoms with Crippen LogP contribution in [-0.2, 0) is 28.6 Å². The molecule has 79 heavy (non-hydrogen) atoms. The van der Waals surface area contributed by atoms with E-state index < -0.39 is 6.10 Å². The van der Waals surface area contributed by atoms with E-state index in [-0.39, 0.29) is 31.1 Å². The predicted octanol–water partition coefficient (Wildman–Crippen LogP) is 22.5. The Labute approximate surface area is 487 Å². The molecule has 0 aliphatic rings. The van der Waals surface area contributed by atoms with Gasteiger partial charge in [-0.3, -0.25) is 14.4 Å². The maximum absolute atomic E-state index is 12.8. The molecular weight excluding hydrogens is 973 g/mol. The summed E-state index contributed by atoms with van der Waals surface area (Å²) < 4.78 is 16.8. The lowest BCUT2D eigenvalue weighted by molar-refractivity contribution is -0.167. The standard InChI is InChI=1S/C73H120O6/c1-4-7-10-13-15-17-19-21-23-25-27-29-31-33-34-35-36-37-38-40-41-43-45-47-49-51-53-55-57-60-63-66-72(75)78-69-70(68-77-71(74)65-62-59-12-9-6-3)79-73(76)67-64-61-58-56-54-52-50-48-46-44-42-39-32-30-28-26-24-22-20-18-16-14-11-8-5-2/h7,10,15,17,20-23,26-29,32-34,36-37,39-41,45,47,70H,4-6,8-9,11-14,16,18-19,24-25,30-31,35,38,42-44,46,48-69H2,1-3H3/b10-7-,17-15-,22-20-,23-21-,28-26-,29-27-,34-33-,37-36-,39-32-,41-40-,47-45-. The van der Waals surface area contributed by atoms with Crippen molar-refractivity contribution in [2.24, 2.45) is 0 Å². The highest BCUT2D eigenvalue weighted by molar-refractivity contribution is 5.71. The molecule has 6 heteroatoms. The minimum atomic E-state index is -0.788. The van der Waals surface area contributed by atoms with Crippen LogP contribution >= 0.6 is 0 Å². The number of esters is 3. The Morgan fingerprint density at radius 2 is 0.494 bits per heavy atom. The third-order valence-electron chi connectivity index (χ3n) is 13.6. The fourth-order valence-electron chi connectivity index (χ4n) is 8.76. The number of rotatable bonds is 58. The van der Waals surface area contributed by atoms with E-state index in [2.05, 4.69) is 154 Å². The highest BCUT2D eigenvalue weighted by Gasteiger charge is 2.19. The predicted molar refractivity (Wildman–Crippen MR) is 343 cm³/mol. The van der Waals surface area contributed by atoms with Crippen LogP contribution in [0.15, 0.2) is 134 Å². The smallest absolute Gasteiger partial charge is 0.306 e. The minimum Gasteiger partial charge on any atom is -0.462 e. The van der Waals surface area contributed by atoms with Crippen LogP contribution < -0.4 is 0 Å². The summed E-state index contributed by atoms with van der Waals surface area (Å²) in [6, 6.07) is 0. The summed E-state index contributed by atoms with van der Waals surface area (Å²) in [6.45, 7) is 6.42. The first-order valence-corrected chi connectivity index (χ1v) is 32.7. The second kappa shape index (κ2) is 66.1. The number of carbonyl (C=O) groups excluding carboxylic acids is 3. The van der Waals surface area contributed by atoms with Crippen LogP contribution in [-0.4, -0.2) is 37.2 Å². The van der Waals surface area contributed by atoms with E-state index in [0.29, 0.717) is 19.3 Å². The summed E-state index contributed by atoms with van der Waals surface area (Å²) in [5, 5.41) is 0. The molecular formula is C73H120O6. The lowest BCUT2D eigenvalue weighted by Crippen LogP contribution is -2.30. The van der Waals surface area contributed by atoms with Crippen molar-refractivity contribution in [2.45, 2.75) is 297 Å². The highest BCUT2D eigenvalue weighted by atomic mass is 16.6. The van der Waals surface area contributed by atoms with Crippen LogP contribution in [0.3, 0.4) is 0 Å². The zero-order valence-electron chi connectivity index (χ0n) is 51.3. The van der Waals surface area contributed by atoms with E-state index in [1.165, 1.54) is 109 Å². The summed E-state index contributed by atoms with van der Waals surface area (Å²) in [4.78, 5) is 38.0. The van der Waals surface area contributed by atoms with Crippen LogP contribution in [0.2, 0.25) is 0 Å². The molecule has 0 amide bonds. The van der Waals surface area contributed by atoms with E-state index in [1.54, 1.807) is 0 Å². The fourth-order valence-corrected chi connectivity index (χ4v) is 8.76. The number of ether oxygens (including phenoxy) is 3. The first-order chi connectivity index (χ1) is 39.0. The van der Waals surface area contributed by atoms with Gasteiger partial charge in [-0.15, -0.1) is 0 Å².